The molecule has 1 aliphatic heterocycles. The molecule has 2 unspecified atom stereocenters. The number of thiazole rings is 1. The van der Waals surface area contributed by atoms with Crippen LogP contribution in [0.5, 0.6) is 0 Å². The second kappa shape index (κ2) is 7.92. The molecule has 4 rings (SSSR count). The zero-order valence-electron chi connectivity index (χ0n) is 15.3. The number of aromatic nitrogens is 1. The predicted molar refractivity (Wildman–Crippen MR) is 103 cm³/mol. The fourth-order valence-corrected chi connectivity index (χ4v) is 4.57. The molecule has 2 fully saturated rings. The minimum atomic E-state index is -0.0274. The number of amides is 2. The molecular weight excluding hydrogens is 366 g/mol. The van der Waals surface area contributed by atoms with Gasteiger partial charge in [-0.05, 0) is 37.5 Å². The fraction of sp³-hybridized carbons (Fsp3) is 0.526. The van der Waals surface area contributed by atoms with Gasteiger partial charge >= 0.3 is 0 Å². The van der Waals surface area contributed by atoms with Crippen molar-refractivity contribution in [3.05, 3.63) is 23.8 Å². The standard InChI is InChI=1S/C19H23N3O4S/c1-25-14-4-2-12(10-14)17(23)21-19-20-15-5-3-13(11-16(15)27-19)18(24)22-6-8-26-9-7-22/h3,5,11-12,14H,2,4,6-10H2,1H3,(H,20,21,23). The van der Waals surface area contributed by atoms with E-state index < -0.39 is 0 Å². The molecule has 144 valence electrons. The van der Waals surface area contributed by atoms with Crippen LogP contribution in [-0.4, -0.2) is 61.2 Å². The highest BCUT2D eigenvalue weighted by Crippen LogP contribution is 2.31. The van der Waals surface area contributed by atoms with Gasteiger partial charge in [0.25, 0.3) is 5.91 Å². The SMILES string of the molecule is COC1CCC(C(=O)Nc2nc3ccc(C(=O)N4CCOCC4)cc3s2)C1. The molecule has 1 N–H and O–H groups in total. The van der Waals surface area contributed by atoms with Crippen molar-refractivity contribution in [1.29, 1.82) is 0 Å². The Labute approximate surface area is 161 Å². The van der Waals surface area contributed by atoms with Crippen LogP contribution in [0.2, 0.25) is 0 Å². The number of carbonyl (C=O) groups excluding carboxylic acids is 2. The third-order valence-electron chi connectivity index (χ3n) is 5.25. The lowest BCUT2D eigenvalue weighted by Crippen LogP contribution is -2.40. The summed E-state index contributed by atoms with van der Waals surface area (Å²) in [6, 6.07) is 5.49. The van der Waals surface area contributed by atoms with Gasteiger partial charge in [0.15, 0.2) is 5.13 Å². The Morgan fingerprint density at radius 1 is 1.30 bits per heavy atom. The number of hydrogen-bond donors (Lipinski definition) is 1. The van der Waals surface area contributed by atoms with E-state index in [1.807, 2.05) is 12.1 Å². The predicted octanol–water partition coefficient (Wildman–Crippen LogP) is 2.52. The Kier molecular flexibility index (Phi) is 5.38. The molecule has 1 aliphatic carbocycles. The molecule has 0 bridgehead atoms. The molecule has 2 amide bonds. The van der Waals surface area contributed by atoms with Crippen molar-refractivity contribution in [3.8, 4) is 0 Å². The van der Waals surface area contributed by atoms with Gasteiger partial charge < -0.3 is 19.7 Å². The number of benzene rings is 1. The number of hydrogen-bond acceptors (Lipinski definition) is 6. The zero-order chi connectivity index (χ0) is 18.8. The number of morpholine rings is 1. The molecule has 7 nitrogen and oxygen atoms in total. The second-order valence-corrected chi connectivity index (χ2v) is 7.99. The minimum Gasteiger partial charge on any atom is -0.381 e. The third kappa shape index (κ3) is 3.97. The first-order chi connectivity index (χ1) is 13.1. The monoisotopic (exact) mass is 389 g/mol. The molecule has 1 aromatic heterocycles. The molecule has 1 aromatic carbocycles. The van der Waals surface area contributed by atoms with Gasteiger partial charge in [0.1, 0.15) is 0 Å². The topological polar surface area (TPSA) is 80.8 Å². The summed E-state index contributed by atoms with van der Waals surface area (Å²) in [7, 11) is 1.69. The molecule has 0 spiro atoms. The molecule has 0 radical (unpaired) electrons. The van der Waals surface area contributed by atoms with E-state index in [9.17, 15) is 9.59 Å². The lowest BCUT2D eigenvalue weighted by Gasteiger charge is -2.26. The van der Waals surface area contributed by atoms with E-state index in [4.69, 9.17) is 9.47 Å². The van der Waals surface area contributed by atoms with Gasteiger partial charge in [0.2, 0.25) is 5.91 Å². The molecular formula is C19H23N3O4S. The lowest BCUT2D eigenvalue weighted by molar-refractivity contribution is -0.119. The van der Waals surface area contributed by atoms with Crippen molar-refractivity contribution in [2.45, 2.75) is 25.4 Å². The lowest BCUT2D eigenvalue weighted by atomic mass is 10.1. The summed E-state index contributed by atoms with van der Waals surface area (Å²) >= 11 is 1.40. The van der Waals surface area contributed by atoms with Crippen molar-refractivity contribution in [2.24, 2.45) is 5.92 Å². The van der Waals surface area contributed by atoms with Crippen molar-refractivity contribution in [1.82, 2.24) is 9.88 Å². The summed E-state index contributed by atoms with van der Waals surface area (Å²) < 4.78 is 11.5. The highest BCUT2D eigenvalue weighted by molar-refractivity contribution is 7.22. The highest BCUT2D eigenvalue weighted by atomic mass is 32.1. The molecule has 1 saturated carbocycles. The summed E-state index contributed by atoms with van der Waals surface area (Å²) in [5.41, 5.74) is 1.43. The van der Waals surface area contributed by atoms with Crippen LogP contribution in [0, 0.1) is 5.92 Å². The van der Waals surface area contributed by atoms with Crippen LogP contribution >= 0.6 is 11.3 Å². The Bertz CT molecular complexity index is 847. The van der Waals surface area contributed by atoms with Crippen LogP contribution < -0.4 is 5.32 Å². The summed E-state index contributed by atoms with van der Waals surface area (Å²) in [6.07, 6.45) is 2.69. The molecule has 2 atom stereocenters. The van der Waals surface area contributed by atoms with E-state index in [1.54, 1.807) is 18.1 Å². The van der Waals surface area contributed by atoms with Gasteiger partial charge in [-0.2, -0.15) is 0 Å². The van der Waals surface area contributed by atoms with Crippen molar-refractivity contribution in [3.63, 3.8) is 0 Å². The van der Waals surface area contributed by atoms with E-state index in [0.717, 1.165) is 29.5 Å². The van der Waals surface area contributed by atoms with E-state index in [0.29, 0.717) is 37.0 Å². The summed E-state index contributed by atoms with van der Waals surface area (Å²) in [5, 5.41) is 3.51. The largest absolute Gasteiger partial charge is 0.381 e. The first-order valence-corrected chi connectivity index (χ1v) is 10.1. The van der Waals surface area contributed by atoms with Crippen LogP contribution in [0.4, 0.5) is 5.13 Å². The van der Waals surface area contributed by atoms with Crippen molar-refractivity contribution < 1.29 is 19.1 Å². The Morgan fingerprint density at radius 3 is 2.85 bits per heavy atom. The number of methoxy groups -OCH3 is 1. The average Bonchev–Trinajstić information content (AvgIpc) is 3.33. The van der Waals surface area contributed by atoms with Crippen molar-refractivity contribution in [2.75, 3.05) is 38.7 Å². The van der Waals surface area contributed by atoms with Gasteiger partial charge in [-0.1, -0.05) is 11.3 Å². The fourth-order valence-electron chi connectivity index (χ4n) is 3.66. The number of nitrogens with zero attached hydrogens (tertiary/aromatic N) is 2. The molecule has 2 heterocycles. The smallest absolute Gasteiger partial charge is 0.254 e. The van der Waals surface area contributed by atoms with Gasteiger partial charge in [-0.25, -0.2) is 4.98 Å². The first-order valence-electron chi connectivity index (χ1n) is 9.25. The molecule has 2 aromatic rings. The molecule has 1 saturated heterocycles. The number of rotatable bonds is 4. The van der Waals surface area contributed by atoms with Crippen LogP contribution in [0.3, 0.4) is 0 Å². The van der Waals surface area contributed by atoms with Gasteiger partial charge in [0.05, 0.1) is 29.5 Å². The Morgan fingerprint density at radius 2 is 2.11 bits per heavy atom. The molecule has 27 heavy (non-hydrogen) atoms. The van der Waals surface area contributed by atoms with Crippen LogP contribution in [0.15, 0.2) is 18.2 Å². The number of fused-ring (bicyclic) bond motifs is 1. The second-order valence-electron chi connectivity index (χ2n) is 6.96. The van der Waals surface area contributed by atoms with Crippen molar-refractivity contribution >= 4 is 38.5 Å². The Hall–Kier alpha value is -2.03. The maximum absolute atomic E-state index is 12.6. The minimum absolute atomic E-state index is 0.00165. The van der Waals surface area contributed by atoms with E-state index in [1.165, 1.54) is 11.3 Å². The van der Waals surface area contributed by atoms with Gasteiger partial charge in [-0.3, -0.25) is 9.59 Å². The van der Waals surface area contributed by atoms with Gasteiger partial charge in [0, 0.05) is 31.7 Å². The maximum Gasteiger partial charge on any atom is 0.254 e. The first kappa shape index (κ1) is 18.3. The summed E-state index contributed by atoms with van der Waals surface area (Å²) in [4.78, 5) is 31.4. The van der Waals surface area contributed by atoms with Gasteiger partial charge in [-0.15, -0.1) is 0 Å². The summed E-state index contributed by atoms with van der Waals surface area (Å²) in [6.45, 7) is 2.39. The van der Waals surface area contributed by atoms with E-state index in [2.05, 4.69) is 10.3 Å². The molecule has 2 aliphatic rings. The quantitative estimate of drug-likeness (QED) is 0.869. The maximum atomic E-state index is 12.6. The van der Waals surface area contributed by atoms with E-state index in [-0.39, 0.29) is 23.8 Å². The van der Waals surface area contributed by atoms with E-state index >= 15 is 0 Å². The number of ether oxygens (including phenoxy) is 2. The summed E-state index contributed by atoms with van der Waals surface area (Å²) in [5.74, 6) is -0.0191. The number of carbonyl (C=O) groups is 2. The number of nitrogens with one attached hydrogen (secondary N) is 1. The normalized spacial score (nSPS) is 22.9. The van der Waals surface area contributed by atoms with Crippen LogP contribution in [0.1, 0.15) is 29.6 Å². The van der Waals surface area contributed by atoms with Crippen LogP contribution in [0.25, 0.3) is 10.2 Å². The number of anilines is 1. The highest BCUT2D eigenvalue weighted by Gasteiger charge is 2.30. The zero-order valence-corrected chi connectivity index (χ0v) is 16.1. The molecule has 8 heteroatoms. The third-order valence-corrected chi connectivity index (χ3v) is 6.19. The average molecular weight is 389 g/mol. The van der Waals surface area contributed by atoms with Crippen LogP contribution in [-0.2, 0) is 14.3 Å². The Balaban J connectivity index is 1.46.